The van der Waals surface area contributed by atoms with Gasteiger partial charge in [-0.25, -0.2) is 9.97 Å². The van der Waals surface area contributed by atoms with E-state index in [1.165, 1.54) is 12.1 Å². The molecular formula is C9H6F3N3. The molecule has 0 radical (unpaired) electrons. The average molecular weight is 213 g/mol. The Balaban J connectivity index is 2.83. The normalized spacial score (nSPS) is 11.9. The molecule has 0 fully saturated rings. The first-order chi connectivity index (χ1) is 7.00. The summed E-state index contributed by atoms with van der Waals surface area (Å²) in [6.45, 7) is 0. The van der Waals surface area contributed by atoms with Crippen molar-refractivity contribution in [2.45, 2.75) is 6.18 Å². The monoisotopic (exact) mass is 213 g/mol. The molecule has 0 aliphatic carbocycles. The number of hydrogen-bond acceptors (Lipinski definition) is 3. The van der Waals surface area contributed by atoms with Gasteiger partial charge in [0.25, 0.3) is 0 Å². The number of alkyl halides is 3. The molecule has 1 aromatic heterocycles. The van der Waals surface area contributed by atoms with Crippen LogP contribution in [0.1, 0.15) is 5.56 Å². The molecule has 0 atom stereocenters. The largest absolute Gasteiger partial charge is 0.418 e. The Kier molecular flexibility index (Phi) is 1.99. The summed E-state index contributed by atoms with van der Waals surface area (Å²) in [5, 5.41) is 0.215. The molecule has 2 aromatic rings. The fraction of sp³-hybridized carbons (Fsp3) is 0.111. The topological polar surface area (TPSA) is 51.8 Å². The van der Waals surface area contributed by atoms with Crippen molar-refractivity contribution >= 4 is 16.7 Å². The molecule has 0 amide bonds. The zero-order valence-corrected chi connectivity index (χ0v) is 7.42. The van der Waals surface area contributed by atoms with Crippen LogP contribution in [0.15, 0.2) is 24.5 Å². The van der Waals surface area contributed by atoms with Gasteiger partial charge in [0.2, 0.25) is 0 Å². The highest BCUT2D eigenvalue weighted by Crippen LogP contribution is 2.34. The van der Waals surface area contributed by atoms with Crippen LogP contribution in [-0.2, 0) is 6.18 Å². The summed E-state index contributed by atoms with van der Waals surface area (Å²) in [5.74, 6) is 0.0473. The van der Waals surface area contributed by atoms with E-state index in [1.54, 1.807) is 0 Å². The van der Waals surface area contributed by atoms with Crippen LogP contribution in [-0.4, -0.2) is 9.97 Å². The third-order valence-corrected chi connectivity index (χ3v) is 2.00. The highest BCUT2D eigenvalue weighted by Gasteiger charge is 2.33. The molecule has 0 aliphatic heterocycles. The summed E-state index contributed by atoms with van der Waals surface area (Å²) in [5.41, 5.74) is 4.48. The van der Waals surface area contributed by atoms with Crippen molar-refractivity contribution in [2.75, 3.05) is 5.73 Å². The SMILES string of the molecule is Nc1ncnc2c(C(F)(F)F)cccc12. The highest BCUT2D eigenvalue weighted by molar-refractivity contribution is 5.90. The molecule has 3 nitrogen and oxygen atoms in total. The van der Waals surface area contributed by atoms with Crippen molar-refractivity contribution in [3.05, 3.63) is 30.1 Å². The second kappa shape index (κ2) is 3.08. The molecule has 0 saturated heterocycles. The van der Waals surface area contributed by atoms with Gasteiger partial charge in [0, 0.05) is 5.39 Å². The summed E-state index contributed by atoms with van der Waals surface area (Å²) < 4.78 is 37.6. The number of nitrogens with zero attached hydrogens (tertiary/aromatic N) is 2. The number of rotatable bonds is 0. The maximum Gasteiger partial charge on any atom is 0.418 e. The van der Waals surface area contributed by atoms with E-state index in [1.807, 2.05) is 0 Å². The fourth-order valence-electron chi connectivity index (χ4n) is 1.34. The van der Waals surface area contributed by atoms with E-state index in [4.69, 9.17) is 5.73 Å². The van der Waals surface area contributed by atoms with E-state index in [0.717, 1.165) is 12.4 Å². The van der Waals surface area contributed by atoms with E-state index in [0.29, 0.717) is 0 Å². The number of nitrogen functional groups attached to an aromatic ring is 1. The second-order valence-corrected chi connectivity index (χ2v) is 2.96. The van der Waals surface area contributed by atoms with Crippen molar-refractivity contribution < 1.29 is 13.2 Å². The van der Waals surface area contributed by atoms with E-state index in [9.17, 15) is 13.2 Å². The predicted molar refractivity (Wildman–Crippen MR) is 49.0 cm³/mol. The smallest absolute Gasteiger partial charge is 0.383 e. The van der Waals surface area contributed by atoms with Crippen LogP contribution in [0.4, 0.5) is 19.0 Å². The Bertz CT molecular complexity index is 507. The maximum absolute atomic E-state index is 12.5. The lowest BCUT2D eigenvalue weighted by Crippen LogP contribution is -2.07. The summed E-state index contributed by atoms with van der Waals surface area (Å²) in [7, 11) is 0. The van der Waals surface area contributed by atoms with E-state index >= 15 is 0 Å². The van der Waals surface area contributed by atoms with Crippen molar-refractivity contribution in [3.8, 4) is 0 Å². The molecule has 1 heterocycles. The maximum atomic E-state index is 12.5. The molecule has 15 heavy (non-hydrogen) atoms. The lowest BCUT2D eigenvalue weighted by molar-refractivity contribution is -0.136. The van der Waals surface area contributed by atoms with Crippen LogP contribution in [0.2, 0.25) is 0 Å². The highest BCUT2D eigenvalue weighted by atomic mass is 19.4. The molecule has 1 aromatic carbocycles. The summed E-state index contributed by atoms with van der Waals surface area (Å²) in [6, 6.07) is 3.71. The van der Waals surface area contributed by atoms with Crippen LogP contribution in [0, 0.1) is 0 Å². The van der Waals surface area contributed by atoms with Gasteiger partial charge in [-0.2, -0.15) is 13.2 Å². The molecule has 0 unspecified atom stereocenters. The number of benzene rings is 1. The van der Waals surface area contributed by atoms with Gasteiger partial charge in [-0.15, -0.1) is 0 Å². The molecule has 0 spiro atoms. The van der Waals surface area contributed by atoms with E-state index in [-0.39, 0.29) is 16.7 Å². The summed E-state index contributed by atoms with van der Waals surface area (Å²) in [6.07, 6.45) is -3.41. The third-order valence-electron chi connectivity index (χ3n) is 2.00. The Morgan fingerprint density at radius 2 is 1.87 bits per heavy atom. The summed E-state index contributed by atoms with van der Waals surface area (Å²) in [4.78, 5) is 7.23. The van der Waals surface area contributed by atoms with Crippen LogP contribution < -0.4 is 5.73 Å². The van der Waals surface area contributed by atoms with Gasteiger partial charge in [0.15, 0.2) is 0 Å². The quantitative estimate of drug-likeness (QED) is 0.730. The molecule has 6 heteroatoms. The zero-order chi connectivity index (χ0) is 11.1. The van der Waals surface area contributed by atoms with Gasteiger partial charge in [-0.1, -0.05) is 6.07 Å². The molecule has 0 bridgehead atoms. The summed E-state index contributed by atoms with van der Waals surface area (Å²) >= 11 is 0. The minimum atomic E-state index is -4.43. The number of para-hydroxylation sites is 1. The van der Waals surface area contributed by atoms with Crippen LogP contribution in [0.25, 0.3) is 10.9 Å². The standard InChI is InChI=1S/C9H6F3N3/c10-9(11,12)6-3-1-2-5-7(6)14-4-15-8(5)13/h1-4H,(H2,13,14,15). The van der Waals surface area contributed by atoms with Gasteiger partial charge < -0.3 is 5.73 Å². The Morgan fingerprint density at radius 3 is 2.53 bits per heavy atom. The van der Waals surface area contributed by atoms with Crippen molar-refractivity contribution in [1.82, 2.24) is 9.97 Å². The Morgan fingerprint density at radius 1 is 1.13 bits per heavy atom. The van der Waals surface area contributed by atoms with Crippen LogP contribution in [0.5, 0.6) is 0 Å². The Labute approximate surface area is 82.8 Å². The molecule has 0 saturated carbocycles. The number of nitrogens with two attached hydrogens (primary N) is 1. The van der Waals surface area contributed by atoms with E-state index < -0.39 is 11.7 Å². The van der Waals surface area contributed by atoms with Crippen molar-refractivity contribution in [2.24, 2.45) is 0 Å². The van der Waals surface area contributed by atoms with Crippen LogP contribution in [0.3, 0.4) is 0 Å². The van der Waals surface area contributed by atoms with Gasteiger partial charge >= 0.3 is 6.18 Å². The number of anilines is 1. The number of halogens is 3. The number of aromatic nitrogens is 2. The third kappa shape index (κ3) is 1.58. The first-order valence-electron chi connectivity index (χ1n) is 4.06. The Hall–Kier alpha value is -1.85. The van der Waals surface area contributed by atoms with Crippen molar-refractivity contribution in [1.29, 1.82) is 0 Å². The molecule has 2 N–H and O–H groups in total. The first kappa shape index (κ1) is 9.70. The fourth-order valence-corrected chi connectivity index (χ4v) is 1.34. The minimum absolute atomic E-state index is 0.0473. The average Bonchev–Trinajstić information content (AvgIpc) is 2.16. The minimum Gasteiger partial charge on any atom is -0.383 e. The molecule has 2 rings (SSSR count). The van der Waals surface area contributed by atoms with Gasteiger partial charge in [-0.05, 0) is 12.1 Å². The number of fused-ring (bicyclic) bond motifs is 1. The van der Waals surface area contributed by atoms with Crippen LogP contribution >= 0.6 is 0 Å². The van der Waals surface area contributed by atoms with Gasteiger partial charge in [-0.3, -0.25) is 0 Å². The van der Waals surface area contributed by atoms with Gasteiger partial charge in [0.1, 0.15) is 12.1 Å². The van der Waals surface area contributed by atoms with Gasteiger partial charge in [0.05, 0.1) is 11.1 Å². The molecular weight excluding hydrogens is 207 g/mol. The van der Waals surface area contributed by atoms with Crippen molar-refractivity contribution in [3.63, 3.8) is 0 Å². The molecule has 78 valence electrons. The number of hydrogen-bond donors (Lipinski definition) is 1. The predicted octanol–water partition coefficient (Wildman–Crippen LogP) is 2.23. The lowest BCUT2D eigenvalue weighted by Gasteiger charge is -2.09. The molecule has 0 aliphatic rings. The second-order valence-electron chi connectivity index (χ2n) is 2.96. The zero-order valence-electron chi connectivity index (χ0n) is 7.42. The lowest BCUT2D eigenvalue weighted by atomic mass is 10.1. The van der Waals surface area contributed by atoms with E-state index in [2.05, 4.69) is 9.97 Å². The first-order valence-corrected chi connectivity index (χ1v) is 4.06.